The van der Waals surface area contributed by atoms with E-state index in [1.54, 1.807) is 10.8 Å². The Hall–Kier alpha value is -3.34. The lowest BCUT2D eigenvalue weighted by atomic mass is 9.94. The van der Waals surface area contributed by atoms with Crippen LogP contribution in [0.3, 0.4) is 0 Å². The lowest BCUT2D eigenvalue weighted by Crippen LogP contribution is -2.33. The molecule has 148 valence electrons. The van der Waals surface area contributed by atoms with Crippen molar-refractivity contribution in [3.63, 3.8) is 0 Å². The highest BCUT2D eigenvalue weighted by atomic mass is 16.6. The summed E-state index contributed by atoms with van der Waals surface area (Å²) < 4.78 is 6.82. The van der Waals surface area contributed by atoms with Crippen LogP contribution < -0.4 is 11.2 Å². The van der Waals surface area contributed by atoms with E-state index in [1.165, 1.54) is 12.1 Å². The van der Waals surface area contributed by atoms with Crippen molar-refractivity contribution in [1.29, 1.82) is 0 Å². The van der Waals surface area contributed by atoms with E-state index < -0.39 is 4.92 Å². The Morgan fingerprint density at radius 1 is 1.39 bits per heavy atom. The standard InChI is InChI=1S/C17H21N7O4/c18-12-9-15-19-20-17(14-1-2-16(28-14)24(26)27)23(15)21-13(12)10-22-6-3-11(4-7-22)5-8-25/h1-2,9-11,21,25H,3-8,18H2. The van der Waals surface area contributed by atoms with Gasteiger partial charge in [-0.3, -0.25) is 15.5 Å². The van der Waals surface area contributed by atoms with E-state index in [0.717, 1.165) is 32.4 Å². The number of fused-ring (bicyclic) bond motifs is 1. The number of likely N-dealkylation sites (tertiary alicyclic amines) is 1. The summed E-state index contributed by atoms with van der Waals surface area (Å²) in [5.74, 6) is 1.22. The first-order valence-corrected chi connectivity index (χ1v) is 9.06. The number of furan rings is 1. The topological polar surface area (TPSA) is 149 Å². The molecule has 0 atom stereocenters. The highest BCUT2D eigenvalue weighted by Gasteiger charge is 2.24. The zero-order valence-electron chi connectivity index (χ0n) is 15.1. The monoisotopic (exact) mass is 387 g/mol. The molecule has 0 aliphatic carbocycles. The highest BCUT2D eigenvalue weighted by Crippen LogP contribution is 2.28. The third-order valence-electron chi connectivity index (χ3n) is 5.01. The molecular weight excluding hydrogens is 366 g/mol. The molecule has 0 radical (unpaired) electrons. The van der Waals surface area contributed by atoms with Crippen LogP contribution in [0.1, 0.15) is 25.1 Å². The van der Waals surface area contributed by atoms with E-state index in [9.17, 15) is 10.1 Å². The zero-order chi connectivity index (χ0) is 19.7. The second-order valence-electron chi connectivity index (χ2n) is 6.86. The number of nitrogens with two attached hydrogens (primary N) is 1. The number of nitrogens with zero attached hydrogens (tertiary/aromatic N) is 5. The van der Waals surface area contributed by atoms with Crippen molar-refractivity contribution < 1.29 is 14.4 Å². The maximum Gasteiger partial charge on any atom is 0.433 e. The Balaban J connectivity index is 1.54. The van der Waals surface area contributed by atoms with Gasteiger partial charge in [-0.15, -0.1) is 10.2 Å². The largest absolute Gasteiger partial charge is 0.433 e. The fourth-order valence-corrected chi connectivity index (χ4v) is 3.45. The number of aliphatic hydroxyl groups excluding tert-OH is 1. The predicted molar refractivity (Wildman–Crippen MR) is 100.0 cm³/mol. The van der Waals surface area contributed by atoms with Gasteiger partial charge in [0.05, 0.1) is 17.5 Å². The first kappa shape index (κ1) is 18.0. The number of aromatic nitrogens is 3. The van der Waals surface area contributed by atoms with Gasteiger partial charge in [-0.1, -0.05) is 0 Å². The Kier molecular flexibility index (Phi) is 4.74. The quantitative estimate of drug-likeness (QED) is 0.509. The summed E-state index contributed by atoms with van der Waals surface area (Å²) in [5.41, 5.74) is 10.5. The maximum absolute atomic E-state index is 10.9. The van der Waals surface area contributed by atoms with Crippen molar-refractivity contribution >= 4 is 12.0 Å². The minimum atomic E-state index is -0.603. The van der Waals surface area contributed by atoms with Crippen molar-refractivity contribution in [2.45, 2.75) is 19.3 Å². The summed E-state index contributed by atoms with van der Waals surface area (Å²) in [6.07, 6.45) is 6.53. The Morgan fingerprint density at radius 2 is 2.18 bits per heavy atom. The van der Waals surface area contributed by atoms with E-state index in [1.807, 2.05) is 6.20 Å². The molecule has 2 aromatic heterocycles. The summed E-state index contributed by atoms with van der Waals surface area (Å²) in [7, 11) is 0. The van der Waals surface area contributed by atoms with Gasteiger partial charge in [-0.25, -0.2) is 4.68 Å². The molecule has 4 N–H and O–H groups in total. The van der Waals surface area contributed by atoms with Crippen LogP contribution in [0.4, 0.5) is 5.88 Å². The van der Waals surface area contributed by atoms with Crippen LogP contribution in [-0.4, -0.2) is 49.5 Å². The van der Waals surface area contributed by atoms with Crippen molar-refractivity contribution in [2.75, 3.05) is 25.1 Å². The van der Waals surface area contributed by atoms with Crippen LogP contribution in [0.2, 0.25) is 0 Å². The van der Waals surface area contributed by atoms with Gasteiger partial charge in [0.2, 0.25) is 5.82 Å². The summed E-state index contributed by atoms with van der Waals surface area (Å²) in [5, 5.41) is 28.0. The van der Waals surface area contributed by atoms with Crippen molar-refractivity contribution in [3.8, 4) is 11.6 Å². The number of hydrogen-bond donors (Lipinski definition) is 3. The molecule has 11 nitrogen and oxygen atoms in total. The van der Waals surface area contributed by atoms with Gasteiger partial charge in [0.15, 0.2) is 11.6 Å². The Labute approximate surface area is 160 Å². The second-order valence-corrected chi connectivity index (χ2v) is 6.86. The molecule has 0 amide bonds. The lowest BCUT2D eigenvalue weighted by Gasteiger charge is -2.32. The molecule has 11 heteroatoms. The normalized spacial score (nSPS) is 18.7. The third-order valence-corrected chi connectivity index (χ3v) is 5.01. The SMILES string of the molecule is NC1=Cc2nnc(-c3ccc([N+](=O)[O-])o3)n2NC1=CN1CCC(CCO)CC1. The molecule has 2 aliphatic heterocycles. The molecule has 1 fully saturated rings. The van der Waals surface area contributed by atoms with Crippen LogP contribution >= 0.6 is 0 Å². The van der Waals surface area contributed by atoms with Gasteiger partial charge in [-0.2, -0.15) is 0 Å². The number of nitro groups is 1. The molecule has 4 rings (SSSR count). The lowest BCUT2D eigenvalue weighted by molar-refractivity contribution is -0.401. The van der Waals surface area contributed by atoms with E-state index >= 15 is 0 Å². The van der Waals surface area contributed by atoms with Crippen molar-refractivity contribution in [3.05, 3.63) is 45.7 Å². The second kappa shape index (κ2) is 7.35. The van der Waals surface area contributed by atoms with Gasteiger partial charge in [0.25, 0.3) is 0 Å². The highest BCUT2D eigenvalue weighted by molar-refractivity contribution is 5.62. The van der Waals surface area contributed by atoms with Crippen LogP contribution in [0.5, 0.6) is 0 Å². The maximum atomic E-state index is 10.9. The van der Waals surface area contributed by atoms with Gasteiger partial charge >= 0.3 is 5.88 Å². The number of nitrogens with one attached hydrogen (secondary N) is 1. The average molecular weight is 387 g/mol. The molecular formula is C17H21N7O4. The van der Waals surface area contributed by atoms with Crippen molar-refractivity contribution in [2.24, 2.45) is 11.7 Å². The number of rotatable bonds is 5. The Morgan fingerprint density at radius 3 is 2.86 bits per heavy atom. The fourth-order valence-electron chi connectivity index (χ4n) is 3.45. The summed E-state index contributed by atoms with van der Waals surface area (Å²) in [6, 6.07) is 2.76. The van der Waals surface area contributed by atoms with E-state index in [4.69, 9.17) is 15.3 Å². The first-order chi connectivity index (χ1) is 13.5. The molecule has 28 heavy (non-hydrogen) atoms. The van der Waals surface area contributed by atoms with Gasteiger partial charge in [-0.05, 0) is 31.2 Å². The van der Waals surface area contributed by atoms with Crippen molar-refractivity contribution in [1.82, 2.24) is 19.8 Å². The third kappa shape index (κ3) is 3.43. The van der Waals surface area contributed by atoms with Gasteiger partial charge in [0.1, 0.15) is 4.92 Å². The molecule has 0 spiro atoms. The predicted octanol–water partition coefficient (Wildman–Crippen LogP) is 1.24. The molecule has 2 aliphatic rings. The summed E-state index contributed by atoms with van der Waals surface area (Å²) in [6.45, 7) is 2.00. The molecule has 0 aromatic carbocycles. The first-order valence-electron chi connectivity index (χ1n) is 9.06. The smallest absolute Gasteiger partial charge is 0.397 e. The molecule has 1 saturated heterocycles. The van der Waals surface area contributed by atoms with Crippen LogP contribution in [0.25, 0.3) is 17.7 Å². The molecule has 2 aromatic rings. The van der Waals surface area contributed by atoms with Crippen LogP contribution in [0.15, 0.2) is 34.1 Å². The van der Waals surface area contributed by atoms with Crippen LogP contribution in [0, 0.1) is 16.0 Å². The van der Waals surface area contributed by atoms with E-state index in [0.29, 0.717) is 29.0 Å². The van der Waals surface area contributed by atoms with E-state index in [2.05, 4.69) is 20.5 Å². The molecule has 0 saturated carbocycles. The zero-order valence-corrected chi connectivity index (χ0v) is 15.1. The molecule has 0 unspecified atom stereocenters. The molecule has 0 bridgehead atoms. The summed E-state index contributed by atoms with van der Waals surface area (Å²) in [4.78, 5) is 12.4. The molecule has 4 heterocycles. The number of aliphatic hydroxyl groups is 1. The Bertz CT molecular complexity index is 937. The fraction of sp³-hybridized carbons (Fsp3) is 0.412. The average Bonchev–Trinajstić information content (AvgIpc) is 3.31. The van der Waals surface area contributed by atoms with E-state index in [-0.39, 0.29) is 18.3 Å². The minimum absolute atomic E-state index is 0.229. The van der Waals surface area contributed by atoms with Gasteiger partial charge in [0, 0.05) is 32.0 Å². The minimum Gasteiger partial charge on any atom is -0.397 e. The van der Waals surface area contributed by atoms with Gasteiger partial charge < -0.3 is 20.2 Å². The number of piperidine rings is 1. The summed E-state index contributed by atoms with van der Waals surface area (Å²) >= 11 is 0. The number of hydrogen-bond acceptors (Lipinski definition) is 9. The van der Waals surface area contributed by atoms with Crippen LogP contribution in [-0.2, 0) is 0 Å².